The minimum absolute atomic E-state index is 0.128. The first kappa shape index (κ1) is 21.1. The van der Waals surface area contributed by atoms with Crippen LogP contribution in [0.15, 0.2) is 67.1 Å². The maximum atomic E-state index is 14.8. The highest BCUT2D eigenvalue weighted by Gasteiger charge is 2.13. The number of fused-ring (bicyclic) bond motifs is 2. The molecule has 5 rings (SSSR count). The lowest BCUT2D eigenvalue weighted by molar-refractivity contribution is 0.623. The van der Waals surface area contributed by atoms with Crippen molar-refractivity contribution in [2.24, 2.45) is 0 Å². The lowest BCUT2D eigenvalue weighted by Crippen LogP contribution is -2.29. The second-order valence-electron chi connectivity index (χ2n) is 8.13. The molecule has 0 bridgehead atoms. The monoisotopic (exact) mass is 456 g/mol. The largest absolute Gasteiger partial charge is 0.374 e. The Morgan fingerprint density at radius 2 is 1.91 bits per heavy atom. The number of hydrogen-bond acceptors (Lipinski definition) is 5. The van der Waals surface area contributed by atoms with Crippen LogP contribution in [-0.2, 0) is 6.42 Å². The molecule has 0 saturated carbocycles. The summed E-state index contributed by atoms with van der Waals surface area (Å²) in [7, 11) is 0. The Labute approximate surface area is 195 Å². The van der Waals surface area contributed by atoms with E-state index in [1.807, 2.05) is 38.1 Å². The van der Waals surface area contributed by atoms with Gasteiger partial charge in [0, 0.05) is 35.2 Å². The highest BCUT2D eigenvalue weighted by atomic mass is 32.1. The first-order valence-electron chi connectivity index (χ1n) is 10.6. The van der Waals surface area contributed by atoms with Gasteiger partial charge in [-0.2, -0.15) is 5.10 Å². The van der Waals surface area contributed by atoms with Crippen LogP contribution in [-0.4, -0.2) is 35.6 Å². The minimum Gasteiger partial charge on any atom is -0.374 e. The molecule has 8 heteroatoms. The molecule has 0 atom stereocenters. The molecule has 3 heterocycles. The molecule has 0 aliphatic rings. The van der Waals surface area contributed by atoms with E-state index in [9.17, 15) is 4.39 Å². The van der Waals surface area contributed by atoms with Crippen LogP contribution in [0.5, 0.6) is 0 Å². The zero-order valence-corrected chi connectivity index (χ0v) is 19.0. The number of hydrogen-bond donors (Lipinski definition) is 1. The molecule has 33 heavy (non-hydrogen) atoms. The Balaban J connectivity index is 1.46. The Morgan fingerprint density at radius 1 is 1.06 bits per heavy atom. The summed E-state index contributed by atoms with van der Waals surface area (Å²) in [5.74, 6) is 0.0961. The van der Waals surface area contributed by atoms with Gasteiger partial charge in [-0.25, -0.2) is 18.9 Å². The van der Waals surface area contributed by atoms with E-state index >= 15 is 0 Å². The Kier molecular flexibility index (Phi) is 5.51. The molecule has 0 saturated heterocycles. The molecule has 0 aliphatic carbocycles. The zero-order valence-electron chi connectivity index (χ0n) is 18.2. The summed E-state index contributed by atoms with van der Waals surface area (Å²) in [4.78, 5) is 13.5. The van der Waals surface area contributed by atoms with Gasteiger partial charge < -0.3 is 5.32 Å². The van der Waals surface area contributed by atoms with Crippen LogP contribution in [0.4, 0.5) is 4.39 Å². The molecule has 0 radical (unpaired) electrons. The van der Waals surface area contributed by atoms with Crippen molar-refractivity contribution in [3.63, 3.8) is 0 Å². The molecule has 3 aromatic heterocycles. The summed E-state index contributed by atoms with van der Waals surface area (Å²) in [6, 6.07) is 15.2. The molecular formula is C25H21FN6S. The van der Waals surface area contributed by atoms with Gasteiger partial charge in [0.25, 0.3) is 5.78 Å². The number of benzene rings is 2. The first-order chi connectivity index (χ1) is 16.0. The third kappa shape index (κ3) is 4.29. The summed E-state index contributed by atoms with van der Waals surface area (Å²) in [6.07, 6.45) is 5.79. The van der Waals surface area contributed by atoms with E-state index in [0.717, 1.165) is 22.2 Å². The number of halogens is 1. The zero-order chi connectivity index (χ0) is 22.9. The van der Waals surface area contributed by atoms with Crippen LogP contribution in [0.2, 0.25) is 0 Å². The average Bonchev–Trinajstić information content (AvgIpc) is 3.20. The van der Waals surface area contributed by atoms with Crippen LogP contribution in [0, 0.1) is 5.82 Å². The maximum absolute atomic E-state index is 14.8. The SMILES string of the molecule is CC(C)NC(=S)c1ccc(-c2cnc3ncc(Cc4ccc5ncccc5c4)n3n2)cc1F. The summed E-state index contributed by atoms with van der Waals surface area (Å²) in [5, 5.41) is 8.84. The summed E-state index contributed by atoms with van der Waals surface area (Å²) in [5.41, 5.74) is 4.50. The topological polar surface area (TPSA) is 68.0 Å². The predicted molar refractivity (Wildman–Crippen MR) is 131 cm³/mol. The van der Waals surface area contributed by atoms with E-state index in [0.29, 0.717) is 34.0 Å². The molecule has 0 fully saturated rings. The molecule has 5 aromatic rings. The second kappa shape index (κ2) is 8.63. The molecule has 1 N–H and O–H groups in total. The number of aromatic nitrogens is 5. The molecule has 0 amide bonds. The van der Waals surface area contributed by atoms with E-state index in [4.69, 9.17) is 17.3 Å². The van der Waals surface area contributed by atoms with E-state index in [2.05, 4.69) is 26.3 Å². The fraction of sp³-hybridized carbons (Fsp3) is 0.160. The number of thiocarbonyl (C=S) groups is 1. The van der Waals surface area contributed by atoms with Gasteiger partial charge in [0.2, 0.25) is 0 Å². The van der Waals surface area contributed by atoms with Crippen LogP contribution < -0.4 is 5.32 Å². The third-order valence-electron chi connectivity index (χ3n) is 5.28. The standard InChI is InChI=1S/C25H21FN6S/c1-15(2)30-24(33)20-7-6-18(12-21(20)26)23-14-29-25-28-13-19(32(25)31-23)11-16-5-8-22-17(10-16)4-3-9-27-22/h3-10,12-15H,11H2,1-2H3,(H,30,33). The van der Waals surface area contributed by atoms with Crippen molar-refractivity contribution in [2.75, 3.05) is 0 Å². The minimum atomic E-state index is -0.400. The van der Waals surface area contributed by atoms with Crippen molar-refractivity contribution < 1.29 is 4.39 Å². The van der Waals surface area contributed by atoms with Crippen molar-refractivity contribution in [1.29, 1.82) is 0 Å². The number of nitrogens with zero attached hydrogens (tertiary/aromatic N) is 5. The predicted octanol–water partition coefficient (Wildman–Crippen LogP) is 4.74. The van der Waals surface area contributed by atoms with E-state index in [-0.39, 0.29) is 6.04 Å². The van der Waals surface area contributed by atoms with Crippen LogP contribution >= 0.6 is 12.2 Å². The molecular weight excluding hydrogens is 435 g/mol. The Morgan fingerprint density at radius 3 is 2.73 bits per heavy atom. The van der Waals surface area contributed by atoms with Crippen molar-refractivity contribution in [3.05, 3.63) is 89.8 Å². The lowest BCUT2D eigenvalue weighted by Gasteiger charge is -2.12. The van der Waals surface area contributed by atoms with E-state index in [1.54, 1.807) is 35.2 Å². The first-order valence-corrected chi connectivity index (χ1v) is 11.0. The highest BCUT2D eigenvalue weighted by molar-refractivity contribution is 7.80. The summed E-state index contributed by atoms with van der Waals surface area (Å²) in [6.45, 7) is 3.92. The van der Waals surface area contributed by atoms with E-state index in [1.165, 1.54) is 6.07 Å². The van der Waals surface area contributed by atoms with Gasteiger partial charge >= 0.3 is 0 Å². The smallest absolute Gasteiger partial charge is 0.250 e. The van der Waals surface area contributed by atoms with E-state index < -0.39 is 5.82 Å². The van der Waals surface area contributed by atoms with Crippen molar-refractivity contribution in [3.8, 4) is 11.3 Å². The second-order valence-corrected chi connectivity index (χ2v) is 8.54. The average molecular weight is 457 g/mol. The van der Waals surface area contributed by atoms with Gasteiger partial charge in [-0.15, -0.1) is 0 Å². The van der Waals surface area contributed by atoms with Gasteiger partial charge in [0.1, 0.15) is 16.5 Å². The van der Waals surface area contributed by atoms with Crippen molar-refractivity contribution >= 4 is 33.9 Å². The maximum Gasteiger partial charge on any atom is 0.250 e. The summed E-state index contributed by atoms with van der Waals surface area (Å²) < 4.78 is 16.5. The molecule has 164 valence electrons. The van der Waals surface area contributed by atoms with Gasteiger partial charge in [-0.05, 0) is 49.7 Å². The molecule has 6 nitrogen and oxygen atoms in total. The molecule has 0 unspecified atom stereocenters. The lowest BCUT2D eigenvalue weighted by atomic mass is 10.1. The van der Waals surface area contributed by atoms with Gasteiger partial charge in [0.05, 0.1) is 23.6 Å². The normalized spacial score (nSPS) is 11.4. The number of imidazole rings is 1. The van der Waals surface area contributed by atoms with Crippen molar-refractivity contribution in [1.82, 2.24) is 29.9 Å². The third-order valence-corrected chi connectivity index (χ3v) is 5.62. The Bertz CT molecular complexity index is 1490. The van der Waals surface area contributed by atoms with Gasteiger partial charge in [0.15, 0.2) is 0 Å². The molecule has 0 spiro atoms. The highest BCUT2D eigenvalue weighted by Crippen LogP contribution is 2.22. The quantitative estimate of drug-likeness (QED) is 0.385. The molecule has 0 aliphatic heterocycles. The van der Waals surface area contributed by atoms with Crippen LogP contribution in [0.3, 0.4) is 0 Å². The van der Waals surface area contributed by atoms with Gasteiger partial charge in [-0.3, -0.25) is 4.98 Å². The molecule has 2 aromatic carbocycles. The summed E-state index contributed by atoms with van der Waals surface area (Å²) >= 11 is 5.31. The number of rotatable bonds is 5. The van der Waals surface area contributed by atoms with Crippen LogP contribution in [0.25, 0.3) is 27.9 Å². The number of nitrogens with one attached hydrogen (secondary N) is 1. The van der Waals surface area contributed by atoms with Crippen molar-refractivity contribution in [2.45, 2.75) is 26.3 Å². The number of pyridine rings is 1. The van der Waals surface area contributed by atoms with Crippen LogP contribution in [0.1, 0.15) is 30.7 Å². The fourth-order valence-electron chi connectivity index (χ4n) is 3.71. The Hall–Kier alpha value is -3.78. The fourth-order valence-corrected chi connectivity index (χ4v) is 4.12. The van der Waals surface area contributed by atoms with Gasteiger partial charge in [-0.1, -0.05) is 30.4 Å².